The van der Waals surface area contributed by atoms with Crippen LogP contribution in [-0.4, -0.2) is 25.9 Å². The second-order valence-electron chi connectivity index (χ2n) is 7.63. The summed E-state index contributed by atoms with van der Waals surface area (Å²) in [7, 11) is 0. The smallest absolute Gasteiger partial charge is 0.349 e. The zero-order valence-electron chi connectivity index (χ0n) is 18.4. The van der Waals surface area contributed by atoms with Crippen LogP contribution in [0.2, 0.25) is 0 Å². The number of rotatable bonds is 5. The van der Waals surface area contributed by atoms with Gasteiger partial charge in [-0.05, 0) is 62.4 Å². The quantitative estimate of drug-likeness (QED) is 0.392. The van der Waals surface area contributed by atoms with E-state index in [1.807, 2.05) is 19.9 Å². The number of nitrogens with one attached hydrogen (secondary N) is 1. The Morgan fingerprint density at radius 3 is 2.47 bits per heavy atom. The molecule has 5 aromatic rings. The molecule has 0 saturated carbocycles. The van der Waals surface area contributed by atoms with Crippen molar-refractivity contribution >= 4 is 22.6 Å². The Labute approximate surface area is 193 Å². The van der Waals surface area contributed by atoms with Crippen molar-refractivity contribution in [3.63, 3.8) is 0 Å². The highest BCUT2D eigenvalue weighted by atomic mass is 16.5. The first kappa shape index (κ1) is 21.1. The summed E-state index contributed by atoms with van der Waals surface area (Å²) in [6, 6.07) is 20.6. The van der Waals surface area contributed by atoms with Crippen LogP contribution in [0, 0.1) is 13.8 Å². The predicted octanol–water partition coefficient (Wildman–Crippen LogP) is 4.43. The minimum absolute atomic E-state index is 0.0722. The Morgan fingerprint density at radius 1 is 0.971 bits per heavy atom. The number of benzene rings is 2. The third-order valence-corrected chi connectivity index (χ3v) is 5.07. The minimum Gasteiger partial charge on any atom is -0.438 e. The van der Waals surface area contributed by atoms with Gasteiger partial charge >= 0.3 is 5.63 Å². The van der Waals surface area contributed by atoms with Crippen LogP contribution in [-0.2, 0) is 0 Å². The van der Waals surface area contributed by atoms with Crippen LogP contribution in [0.1, 0.15) is 21.7 Å². The van der Waals surface area contributed by atoms with E-state index in [1.54, 1.807) is 65.3 Å². The summed E-state index contributed by atoms with van der Waals surface area (Å²) >= 11 is 0. The summed E-state index contributed by atoms with van der Waals surface area (Å²) in [6.07, 6.45) is 0. The van der Waals surface area contributed by atoms with Gasteiger partial charge in [-0.25, -0.2) is 9.48 Å². The monoisotopic (exact) mass is 453 g/mol. The van der Waals surface area contributed by atoms with Gasteiger partial charge in [0, 0.05) is 22.8 Å². The Balaban J connectivity index is 1.27. The van der Waals surface area contributed by atoms with Crippen LogP contribution in [0.4, 0.5) is 5.69 Å². The van der Waals surface area contributed by atoms with Gasteiger partial charge in [-0.15, -0.1) is 10.2 Å². The van der Waals surface area contributed by atoms with Crippen molar-refractivity contribution in [3.05, 3.63) is 100 Å². The number of fused-ring (bicyclic) bond motifs is 1. The average Bonchev–Trinajstić information content (AvgIpc) is 3.18. The maximum Gasteiger partial charge on any atom is 0.349 e. The number of aromatic nitrogens is 4. The fourth-order valence-electron chi connectivity index (χ4n) is 3.49. The highest BCUT2D eigenvalue weighted by Crippen LogP contribution is 2.22. The van der Waals surface area contributed by atoms with Crippen molar-refractivity contribution in [2.75, 3.05) is 5.32 Å². The van der Waals surface area contributed by atoms with Gasteiger partial charge in [0.1, 0.15) is 16.9 Å². The number of anilines is 1. The van der Waals surface area contributed by atoms with Crippen LogP contribution in [0.3, 0.4) is 0 Å². The van der Waals surface area contributed by atoms with E-state index in [1.165, 1.54) is 6.07 Å². The number of hydrogen-bond acceptors (Lipinski definition) is 7. The van der Waals surface area contributed by atoms with E-state index in [0.29, 0.717) is 34.1 Å². The average molecular weight is 453 g/mol. The molecule has 0 aliphatic carbocycles. The molecule has 3 heterocycles. The van der Waals surface area contributed by atoms with Crippen LogP contribution >= 0.6 is 0 Å². The van der Waals surface area contributed by atoms with Crippen molar-refractivity contribution in [3.8, 4) is 17.4 Å². The van der Waals surface area contributed by atoms with Crippen molar-refractivity contribution < 1.29 is 13.9 Å². The van der Waals surface area contributed by atoms with E-state index >= 15 is 0 Å². The predicted molar refractivity (Wildman–Crippen MR) is 126 cm³/mol. The summed E-state index contributed by atoms with van der Waals surface area (Å²) in [4.78, 5) is 24.8. The lowest BCUT2D eigenvalue weighted by Crippen LogP contribution is -2.20. The second kappa shape index (κ2) is 8.62. The lowest BCUT2D eigenvalue weighted by molar-refractivity contribution is 0.102. The van der Waals surface area contributed by atoms with Gasteiger partial charge in [0.2, 0.25) is 5.88 Å². The van der Waals surface area contributed by atoms with Gasteiger partial charge in [0.15, 0.2) is 5.82 Å². The Hall–Kier alpha value is -4.79. The minimum atomic E-state index is -0.696. The molecule has 0 aliphatic rings. The molecule has 9 heteroatoms. The lowest BCUT2D eigenvalue weighted by Gasteiger charge is -2.08. The molecule has 168 valence electrons. The molecule has 0 atom stereocenters. The van der Waals surface area contributed by atoms with Crippen LogP contribution in [0.5, 0.6) is 11.6 Å². The lowest BCUT2D eigenvalue weighted by atomic mass is 10.1. The first-order valence-electron chi connectivity index (χ1n) is 10.5. The SMILES string of the molecule is Cc1cc(C)n(-c2ccc(Oc3ccc(NC(=O)c4cc5ccccc5oc4=O)cc3)nn2)n1. The van der Waals surface area contributed by atoms with Gasteiger partial charge in [0.05, 0.1) is 5.69 Å². The molecule has 34 heavy (non-hydrogen) atoms. The number of ether oxygens (including phenoxy) is 1. The summed E-state index contributed by atoms with van der Waals surface area (Å²) < 4.78 is 12.7. The third-order valence-electron chi connectivity index (χ3n) is 5.07. The van der Waals surface area contributed by atoms with Crippen molar-refractivity contribution in [2.45, 2.75) is 13.8 Å². The zero-order chi connectivity index (χ0) is 23.7. The highest BCUT2D eigenvalue weighted by Gasteiger charge is 2.14. The van der Waals surface area contributed by atoms with E-state index in [2.05, 4.69) is 20.6 Å². The van der Waals surface area contributed by atoms with E-state index in [0.717, 1.165) is 11.4 Å². The van der Waals surface area contributed by atoms with Gasteiger partial charge < -0.3 is 14.5 Å². The van der Waals surface area contributed by atoms with E-state index < -0.39 is 11.5 Å². The van der Waals surface area contributed by atoms with Crippen molar-refractivity contribution in [2.24, 2.45) is 0 Å². The molecule has 2 aromatic carbocycles. The standard InChI is InChI=1S/C25H19N5O4/c1-15-13-16(2)30(29-15)22-11-12-23(28-27-22)33-19-9-7-18(8-10-19)26-24(31)20-14-17-5-3-4-6-21(17)34-25(20)32/h3-14H,1-2H3,(H,26,31). The van der Waals surface area contributed by atoms with Gasteiger partial charge in [0.25, 0.3) is 5.91 Å². The third kappa shape index (κ3) is 4.26. The molecule has 0 fully saturated rings. The number of carbonyl (C=O) groups excluding carboxylic acids is 1. The summed E-state index contributed by atoms with van der Waals surface area (Å²) in [5, 5.41) is 16.0. The Morgan fingerprint density at radius 2 is 1.76 bits per heavy atom. The molecule has 0 saturated heterocycles. The zero-order valence-corrected chi connectivity index (χ0v) is 18.4. The van der Waals surface area contributed by atoms with Crippen molar-refractivity contribution in [1.29, 1.82) is 0 Å². The van der Waals surface area contributed by atoms with Gasteiger partial charge in [-0.3, -0.25) is 4.79 Å². The molecule has 5 rings (SSSR count). The summed E-state index contributed by atoms with van der Waals surface area (Å²) in [6.45, 7) is 3.86. The number of para-hydroxylation sites is 1. The Bertz CT molecular complexity index is 1550. The van der Waals surface area contributed by atoms with Crippen molar-refractivity contribution in [1.82, 2.24) is 20.0 Å². The van der Waals surface area contributed by atoms with E-state index in [9.17, 15) is 9.59 Å². The van der Waals surface area contributed by atoms with E-state index in [-0.39, 0.29) is 5.56 Å². The first-order valence-corrected chi connectivity index (χ1v) is 10.5. The molecule has 3 aromatic heterocycles. The molecule has 0 spiro atoms. The molecular weight excluding hydrogens is 434 g/mol. The molecule has 1 N–H and O–H groups in total. The van der Waals surface area contributed by atoms with Gasteiger partial charge in [-0.2, -0.15) is 5.10 Å². The number of nitrogens with zero attached hydrogens (tertiary/aromatic N) is 4. The molecule has 0 aliphatic heterocycles. The first-order chi connectivity index (χ1) is 16.5. The normalized spacial score (nSPS) is 10.9. The molecule has 0 unspecified atom stereocenters. The molecule has 1 amide bonds. The maximum atomic E-state index is 12.6. The molecule has 9 nitrogen and oxygen atoms in total. The van der Waals surface area contributed by atoms with Gasteiger partial charge in [-0.1, -0.05) is 18.2 Å². The number of amides is 1. The second-order valence-corrected chi connectivity index (χ2v) is 7.63. The summed E-state index contributed by atoms with van der Waals surface area (Å²) in [5.74, 6) is 0.861. The van der Waals surface area contributed by atoms with E-state index in [4.69, 9.17) is 9.15 Å². The topological polar surface area (TPSA) is 112 Å². The molecule has 0 radical (unpaired) electrons. The van der Waals surface area contributed by atoms with Crippen LogP contribution < -0.4 is 15.7 Å². The van der Waals surface area contributed by atoms with Crippen LogP contribution in [0.15, 0.2) is 82.0 Å². The molecule has 0 bridgehead atoms. The highest BCUT2D eigenvalue weighted by molar-refractivity contribution is 6.05. The number of hydrogen-bond donors (Lipinski definition) is 1. The number of carbonyl (C=O) groups is 1. The summed E-state index contributed by atoms with van der Waals surface area (Å²) in [5.41, 5.74) is 2.01. The fraction of sp³-hybridized carbons (Fsp3) is 0.0800. The Kier molecular flexibility index (Phi) is 5.35. The number of aryl methyl sites for hydroxylation is 2. The largest absolute Gasteiger partial charge is 0.438 e. The molecular formula is C25H19N5O4. The van der Waals surface area contributed by atoms with Crippen LogP contribution in [0.25, 0.3) is 16.8 Å². The maximum absolute atomic E-state index is 12.6. The fourth-order valence-corrected chi connectivity index (χ4v) is 3.49.